The molecule has 2 rings (SSSR count). The van der Waals surface area contributed by atoms with Crippen molar-refractivity contribution in [3.8, 4) is 17.2 Å². The van der Waals surface area contributed by atoms with Gasteiger partial charge in [-0.15, -0.1) is 0 Å². The van der Waals surface area contributed by atoms with Crippen LogP contribution in [0.3, 0.4) is 0 Å². The third kappa shape index (κ3) is 7.44. The van der Waals surface area contributed by atoms with E-state index in [9.17, 15) is 9.59 Å². The van der Waals surface area contributed by atoms with Gasteiger partial charge in [0.05, 0.1) is 14.2 Å². The first-order chi connectivity index (χ1) is 15.8. The van der Waals surface area contributed by atoms with Gasteiger partial charge < -0.3 is 24.4 Å². The third-order valence-corrected chi connectivity index (χ3v) is 5.72. The van der Waals surface area contributed by atoms with Crippen molar-refractivity contribution in [2.75, 3.05) is 27.4 Å². The molecule has 0 heterocycles. The first-order valence-corrected chi connectivity index (χ1v) is 11.5. The van der Waals surface area contributed by atoms with Gasteiger partial charge in [0.15, 0.2) is 6.61 Å². The third-order valence-electron chi connectivity index (χ3n) is 5.01. The summed E-state index contributed by atoms with van der Waals surface area (Å²) in [5.41, 5.74) is 0.568. The molecule has 2 amide bonds. The van der Waals surface area contributed by atoms with E-state index in [4.69, 9.17) is 37.4 Å². The lowest BCUT2D eigenvalue weighted by molar-refractivity contribution is -0.143. The maximum absolute atomic E-state index is 13.3. The summed E-state index contributed by atoms with van der Waals surface area (Å²) >= 11 is 12.7. The van der Waals surface area contributed by atoms with Gasteiger partial charge in [0.2, 0.25) is 5.91 Å². The van der Waals surface area contributed by atoms with E-state index in [1.165, 1.54) is 19.1 Å². The molecule has 0 aliphatic heterocycles. The lowest BCUT2D eigenvalue weighted by Crippen LogP contribution is -2.50. The topological polar surface area (TPSA) is 77.1 Å². The molecule has 0 fully saturated rings. The van der Waals surface area contributed by atoms with E-state index in [0.717, 1.165) is 6.42 Å². The molecule has 9 heteroatoms. The van der Waals surface area contributed by atoms with Gasteiger partial charge in [-0.3, -0.25) is 9.59 Å². The van der Waals surface area contributed by atoms with Crippen molar-refractivity contribution >= 4 is 35.0 Å². The molecule has 0 spiro atoms. The second-order valence-electron chi connectivity index (χ2n) is 7.27. The van der Waals surface area contributed by atoms with Gasteiger partial charge in [-0.05, 0) is 25.0 Å². The van der Waals surface area contributed by atoms with Crippen LogP contribution >= 0.6 is 23.2 Å². The highest BCUT2D eigenvalue weighted by atomic mass is 35.5. The highest BCUT2D eigenvalue weighted by Crippen LogP contribution is 2.29. The lowest BCUT2D eigenvalue weighted by Gasteiger charge is -2.31. The fraction of sp³-hybridized carbons (Fsp3) is 0.417. The monoisotopic (exact) mass is 496 g/mol. The molecule has 0 radical (unpaired) electrons. The molecule has 0 aromatic heterocycles. The number of benzene rings is 2. The largest absolute Gasteiger partial charge is 0.496 e. The average molecular weight is 497 g/mol. The quantitative estimate of drug-likeness (QED) is 0.459. The summed E-state index contributed by atoms with van der Waals surface area (Å²) in [5, 5.41) is 3.70. The van der Waals surface area contributed by atoms with Crippen LogP contribution in [0.2, 0.25) is 10.0 Å². The minimum atomic E-state index is -0.708. The van der Waals surface area contributed by atoms with E-state index >= 15 is 0 Å². The number of rotatable bonds is 12. The van der Waals surface area contributed by atoms with Crippen LogP contribution in [0.15, 0.2) is 36.4 Å². The van der Waals surface area contributed by atoms with Gasteiger partial charge >= 0.3 is 0 Å². The number of halogens is 2. The van der Waals surface area contributed by atoms with Gasteiger partial charge in [0.1, 0.15) is 23.3 Å². The number of amides is 2. The normalized spacial score (nSPS) is 11.5. The lowest BCUT2D eigenvalue weighted by atomic mass is 10.1. The summed E-state index contributed by atoms with van der Waals surface area (Å²) in [6.07, 6.45) is 1.20. The predicted molar refractivity (Wildman–Crippen MR) is 129 cm³/mol. The molecule has 0 saturated carbocycles. The number of methoxy groups -OCH3 is 2. The number of nitrogens with one attached hydrogen (secondary N) is 1. The number of carbonyl (C=O) groups excluding carboxylic acids is 2. The van der Waals surface area contributed by atoms with Crippen LogP contribution in [0.4, 0.5) is 0 Å². The molecule has 2 aromatic rings. The van der Waals surface area contributed by atoms with E-state index < -0.39 is 6.04 Å². The zero-order valence-electron chi connectivity index (χ0n) is 19.3. The average Bonchev–Trinajstić information content (AvgIpc) is 2.82. The second-order valence-corrected chi connectivity index (χ2v) is 8.09. The molecular weight excluding hydrogens is 467 g/mol. The molecule has 0 aliphatic rings. The zero-order chi connectivity index (χ0) is 24.4. The minimum absolute atomic E-state index is 0.0696. The molecular formula is C24H30Cl2N2O5. The molecule has 2 aromatic carbocycles. The fourth-order valence-corrected chi connectivity index (χ4v) is 3.75. The molecule has 180 valence electrons. The van der Waals surface area contributed by atoms with Gasteiger partial charge in [-0.25, -0.2) is 0 Å². The van der Waals surface area contributed by atoms with Crippen molar-refractivity contribution in [2.45, 2.75) is 39.3 Å². The van der Waals surface area contributed by atoms with E-state index in [2.05, 4.69) is 5.32 Å². The van der Waals surface area contributed by atoms with Crippen LogP contribution in [0.1, 0.15) is 32.3 Å². The maximum atomic E-state index is 13.3. The van der Waals surface area contributed by atoms with Gasteiger partial charge in [0, 0.05) is 46.9 Å². The van der Waals surface area contributed by atoms with Crippen LogP contribution in [0, 0.1) is 0 Å². The van der Waals surface area contributed by atoms with Gasteiger partial charge in [-0.2, -0.15) is 0 Å². The first-order valence-electron chi connectivity index (χ1n) is 10.7. The maximum Gasteiger partial charge on any atom is 0.261 e. The summed E-state index contributed by atoms with van der Waals surface area (Å²) < 4.78 is 16.2. The van der Waals surface area contributed by atoms with E-state index in [-0.39, 0.29) is 25.0 Å². The molecule has 0 saturated heterocycles. The molecule has 1 N–H and O–H groups in total. The SMILES string of the molecule is CCCNC(=O)[C@@H](CC)N(Cc1c(Cl)cccc1Cl)C(=O)COc1cc(OC)cc(OC)c1. The van der Waals surface area contributed by atoms with Crippen molar-refractivity contribution in [3.05, 3.63) is 52.0 Å². The number of hydrogen-bond donors (Lipinski definition) is 1. The number of nitrogens with zero attached hydrogens (tertiary/aromatic N) is 1. The summed E-state index contributed by atoms with van der Waals surface area (Å²) in [4.78, 5) is 27.6. The molecule has 0 aliphatic carbocycles. The van der Waals surface area contributed by atoms with Crippen molar-refractivity contribution in [1.29, 1.82) is 0 Å². The molecule has 7 nitrogen and oxygen atoms in total. The molecule has 1 atom stereocenters. The Hall–Kier alpha value is -2.64. The minimum Gasteiger partial charge on any atom is -0.496 e. The first kappa shape index (κ1) is 26.6. The van der Waals surface area contributed by atoms with Gasteiger partial charge in [0.25, 0.3) is 5.91 Å². The van der Waals surface area contributed by atoms with Gasteiger partial charge in [-0.1, -0.05) is 43.1 Å². The fourth-order valence-electron chi connectivity index (χ4n) is 3.23. The highest BCUT2D eigenvalue weighted by Gasteiger charge is 2.30. The van der Waals surface area contributed by atoms with Crippen molar-refractivity contribution in [2.24, 2.45) is 0 Å². The number of hydrogen-bond acceptors (Lipinski definition) is 5. The van der Waals surface area contributed by atoms with Crippen LogP contribution < -0.4 is 19.5 Å². The Kier molecular flexibility index (Phi) is 10.6. The Balaban J connectivity index is 2.29. The van der Waals surface area contributed by atoms with Crippen molar-refractivity contribution in [1.82, 2.24) is 10.2 Å². The van der Waals surface area contributed by atoms with Crippen LogP contribution in [-0.2, 0) is 16.1 Å². The Bertz CT molecular complexity index is 912. The Morgan fingerprint density at radius 1 is 1.00 bits per heavy atom. The van der Waals surface area contributed by atoms with Crippen molar-refractivity contribution in [3.63, 3.8) is 0 Å². The predicted octanol–water partition coefficient (Wildman–Crippen LogP) is 4.72. The van der Waals surface area contributed by atoms with E-state index in [1.54, 1.807) is 36.4 Å². The smallest absolute Gasteiger partial charge is 0.261 e. The van der Waals surface area contributed by atoms with E-state index in [1.807, 2.05) is 13.8 Å². The Labute approximate surface area is 204 Å². The number of carbonyl (C=O) groups is 2. The molecule has 33 heavy (non-hydrogen) atoms. The summed E-state index contributed by atoms with van der Waals surface area (Å²) in [6, 6.07) is 9.41. The van der Waals surface area contributed by atoms with E-state index in [0.29, 0.717) is 45.8 Å². The van der Waals surface area contributed by atoms with Crippen LogP contribution in [0.25, 0.3) is 0 Å². The standard InChI is InChI=1S/C24H30Cl2N2O5/c1-5-10-27-24(30)22(6-2)28(14-19-20(25)8-7-9-21(19)26)23(29)15-33-18-12-16(31-3)11-17(13-18)32-4/h7-9,11-13,22H,5-6,10,14-15H2,1-4H3,(H,27,30)/t22-/m1/s1. The zero-order valence-corrected chi connectivity index (χ0v) is 20.8. The molecule has 0 unspecified atom stereocenters. The summed E-state index contributed by atoms with van der Waals surface area (Å²) in [7, 11) is 3.05. The second kappa shape index (κ2) is 13.2. The van der Waals surface area contributed by atoms with Crippen molar-refractivity contribution < 1.29 is 23.8 Å². The van der Waals surface area contributed by atoms with Crippen LogP contribution in [-0.4, -0.2) is 50.1 Å². The Morgan fingerprint density at radius 2 is 1.58 bits per heavy atom. The molecule has 0 bridgehead atoms. The summed E-state index contributed by atoms with van der Waals surface area (Å²) in [5.74, 6) is 0.840. The Morgan fingerprint density at radius 3 is 2.09 bits per heavy atom. The van der Waals surface area contributed by atoms with Crippen LogP contribution in [0.5, 0.6) is 17.2 Å². The number of ether oxygens (including phenoxy) is 3. The summed E-state index contributed by atoms with van der Waals surface area (Å²) in [6.45, 7) is 4.10. The highest BCUT2D eigenvalue weighted by molar-refractivity contribution is 6.36.